The smallest absolute Gasteiger partial charge is 0.128 e. The molecule has 0 aliphatic carbocycles. The Hall–Kier alpha value is -0.800. The van der Waals surface area contributed by atoms with Crippen molar-refractivity contribution in [1.82, 2.24) is 4.98 Å². The fraction of sp³-hybridized carbons (Fsp3) is 0.583. The first-order valence-electron chi connectivity index (χ1n) is 5.45. The van der Waals surface area contributed by atoms with Gasteiger partial charge in [0.15, 0.2) is 0 Å². The summed E-state index contributed by atoms with van der Waals surface area (Å²) in [4.78, 5) is 6.62. The van der Waals surface area contributed by atoms with Gasteiger partial charge in [-0.25, -0.2) is 4.98 Å². The lowest BCUT2D eigenvalue weighted by Crippen LogP contribution is -2.34. The minimum Gasteiger partial charge on any atom is -0.383 e. The van der Waals surface area contributed by atoms with Gasteiger partial charge in [-0.2, -0.15) is 0 Å². The van der Waals surface area contributed by atoms with Gasteiger partial charge in [0.1, 0.15) is 5.82 Å². The fourth-order valence-electron chi connectivity index (χ4n) is 1.49. The van der Waals surface area contributed by atoms with Gasteiger partial charge in [0.2, 0.25) is 0 Å². The summed E-state index contributed by atoms with van der Waals surface area (Å²) in [5.74, 6) is 1.48. The van der Waals surface area contributed by atoms with Gasteiger partial charge < -0.3 is 9.64 Å². The summed E-state index contributed by atoms with van der Waals surface area (Å²) < 4.78 is 5.10. The Kier molecular flexibility index (Phi) is 5.56. The van der Waals surface area contributed by atoms with Gasteiger partial charge in [-0.1, -0.05) is 6.07 Å². The molecule has 0 fully saturated rings. The van der Waals surface area contributed by atoms with Crippen LogP contribution in [0.4, 0.5) is 5.82 Å². The maximum absolute atomic E-state index is 5.73. The third-order valence-corrected chi connectivity index (χ3v) is 2.73. The number of pyridine rings is 1. The molecular formula is C12H19ClN2O. The predicted molar refractivity (Wildman–Crippen MR) is 68.2 cm³/mol. The first-order valence-corrected chi connectivity index (χ1v) is 5.99. The van der Waals surface area contributed by atoms with Gasteiger partial charge in [0.25, 0.3) is 0 Å². The molecule has 0 saturated heterocycles. The van der Waals surface area contributed by atoms with Crippen LogP contribution in [0.1, 0.15) is 19.4 Å². The van der Waals surface area contributed by atoms with E-state index in [2.05, 4.69) is 23.7 Å². The second-order valence-electron chi connectivity index (χ2n) is 3.94. The van der Waals surface area contributed by atoms with Gasteiger partial charge in [-0.3, -0.25) is 0 Å². The number of anilines is 1. The van der Waals surface area contributed by atoms with Crippen LogP contribution < -0.4 is 4.90 Å². The molecule has 3 nitrogen and oxygen atoms in total. The molecule has 0 amide bonds. The van der Waals surface area contributed by atoms with Crippen molar-refractivity contribution in [3.63, 3.8) is 0 Å². The molecule has 0 radical (unpaired) electrons. The molecule has 90 valence electrons. The van der Waals surface area contributed by atoms with Crippen molar-refractivity contribution in [3.8, 4) is 0 Å². The summed E-state index contributed by atoms with van der Waals surface area (Å²) in [7, 11) is 1.71. The van der Waals surface area contributed by atoms with Gasteiger partial charge in [-0.15, -0.1) is 11.6 Å². The van der Waals surface area contributed by atoms with Crippen LogP contribution in [-0.2, 0) is 10.6 Å². The highest BCUT2D eigenvalue weighted by atomic mass is 35.5. The average Bonchev–Trinajstić information content (AvgIpc) is 2.30. The summed E-state index contributed by atoms with van der Waals surface area (Å²) in [5, 5.41) is 0. The number of ether oxygens (including phenoxy) is 1. The SMILES string of the molecule is COCCN(c1ccc(CCl)cn1)C(C)C. The number of nitrogens with zero attached hydrogens (tertiary/aromatic N) is 2. The summed E-state index contributed by atoms with van der Waals surface area (Å²) >= 11 is 5.73. The zero-order valence-electron chi connectivity index (χ0n) is 10.1. The standard InChI is InChI=1S/C12H19ClN2O/c1-10(2)15(6-7-16-3)12-5-4-11(8-13)9-14-12/h4-5,9-10H,6-8H2,1-3H3. The van der Waals surface area contributed by atoms with Crippen molar-refractivity contribution in [1.29, 1.82) is 0 Å². The maximum atomic E-state index is 5.73. The van der Waals surface area contributed by atoms with Gasteiger partial charge in [-0.05, 0) is 25.5 Å². The van der Waals surface area contributed by atoms with E-state index in [1.54, 1.807) is 7.11 Å². The lowest BCUT2D eigenvalue weighted by atomic mass is 10.2. The van der Waals surface area contributed by atoms with E-state index in [4.69, 9.17) is 16.3 Å². The molecule has 0 N–H and O–H groups in total. The van der Waals surface area contributed by atoms with E-state index in [1.165, 1.54) is 0 Å². The van der Waals surface area contributed by atoms with Crippen LogP contribution in [0, 0.1) is 0 Å². The van der Waals surface area contributed by atoms with E-state index >= 15 is 0 Å². The molecule has 1 aromatic rings. The van der Waals surface area contributed by atoms with Crippen LogP contribution in [0.5, 0.6) is 0 Å². The predicted octanol–water partition coefficient (Wildman–Crippen LogP) is 2.68. The van der Waals surface area contributed by atoms with Crippen LogP contribution >= 0.6 is 11.6 Å². The molecule has 0 atom stereocenters. The highest BCUT2D eigenvalue weighted by Crippen LogP contribution is 2.14. The first kappa shape index (κ1) is 13.3. The molecule has 0 aliphatic rings. The quantitative estimate of drug-likeness (QED) is 0.718. The van der Waals surface area contributed by atoms with Crippen molar-refractivity contribution in [2.75, 3.05) is 25.2 Å². The summed E-state index contributed by atoms with van der Waals surface area (Å²) in [6.07, 6.45) is 1.82. The lowest BCUT2D eigenvalue weighted by molar-refractivity contribution is 0.203. The first-order chi connectivity index (χ1) is 7.69. The Morgan fingerprint density at radius 3 is 2.62 bits per heavy atom. The average molecular weight is 243 g/mol. The highest BCUT2D eigenvalue weighted by Gasteiger charge is 2.11. The van der Waals surface area contributed by atoms with E-state index in [-0.39, 0.29) is 0 Å². The molecule has 4 heteroatoms. The lowest BCUT2D eigenvalue weighted by Gasteiger charge is -2.27. The Morgan fingerprint density at radius 2 is 2.19 bits per heavy atom. The minimum absolute atomic E-state index is 0.407. The second-order valence-corrected chi connectivity index (χ2v) is 4.21. The number of methoxy groups -OCH3 is 1. The van der Waals surface area contributed by atoms with Crippen LogP contribution in [0.2, 0.25) is 0 Å². The Morgan fingerprint density at radius 1 is 1.44 bits per heavy atom. The van der Waals surface area contributed by atoms with Crippen molar-refractivity contribution in [2.24, 2.45) is 0 Å². The number of alkyl halides is 1. The number of hydrogen-bond donors (Lipinski definition) is 0. The van der Waals surface area contributed by atoms with Crippen molar-refractivity contribution in [2.45, 2.75) is 25.8 Å². The molecule has 0 spiro atoms. The van der Waals surface area contributed by atoms with E-state index in [0.29, 0.717) is 18.5 Å². The van der Waals surface area contributed by atoms with Crippen molar-refractivity contribution >= 4 is 17.4 Å². The van der Waals surface area contributed by atoms with E-state index in [9.17, 15) is 0 Å². The van der Waals surface area contributed by atoms with E-state index < -0.39 is 0 Å². The number of rotatable bonds is 6. The minimum atomic E-state index is 0.407. The number of halogens is 1. The van der Waals surface area contributed by atoms with Gasteiger partial charge in [0, 0.05) is 31.8 Å². The van der Waals surface area contributed by atoms with Gasteiger partial charge in [0.05, 0.1) is 6.61 Å². The zero-order chi connectivity index (χ0) is 12.0. The maximum Gasteiger partial charge on any atom is 0.128 e. The van der Waals surface area contributed by atoms with Crippen LogP contribution in [0.25, 0.3) is 0 Å². The van der Waals surface area contributed by atoms with Crippen LogP contribution in [0.15, 0.2) is 18.3 Å². The van der Waals surface area contributed by atoms with Crippen LogP contribution in [0.3, 0.4) is 0 Å². The fourth-order valence-corrected chi connectivity index (χ4v) is 1.65. The molecular weight excluding hydrogens is 224 g/mol. The second kappa shape index (κ2) is 6.71. The molecule has 0 aromatic carbocycles. The highest BCUT2D eigenvalue weighted by molar-refractivity contribution is 6.17. The molecule has 0 saturated carbocycles. The third kappa shape index (κ3) is 3.65. The largest absolute Gasteiger partial charge is 0.383 e. The normalized spacial score (nSPS) is 10.8. The summed E-state index contributed by atoms with van der Waals surface area (Å²) in [6.45, 7) is 5.85. The Bertz CT molecular complexity index is 300. The molecule has 16 heavy (non-hydrogen) atoms. The molecule has 0 unspecified atom stereocenters. The summed E-state index contributed by atoms with van der Waals surface area (Å²) in [6, 6.07) is 4.43. The summed E-state index contributed by atoms with van der Waals surface area (Å²) in [5.41, 5.74) is 1.04. The molecule has 0 aliphatic heterocycles. The monoisotopic (exact) mass is 242 g/mol. The van der Waals surface area contributed by atoms with Crippen molar-refractivity contribution < 1.29 is 4.74 Å². The van der Waals surface area contributed by atoms with Gasteiger partial charge >= 0.3 is 0 Å². The topological polar surface area (TPSA) is 25.4 Å². The zero-order valence-corrected chi connectivity index (χ0v) is 10.9. The van der Waals surface area contributed by atoms with Crippen molar-refractivity contribution in [3.05, 3.63) is 23.9 Å². The van der Waals surface area contributed by atoms with E-state index in [1.807, 2.05) is 18.3 Å². The molecule has 1 heterocycles. The number of aromatic nitrogens is 1. The number of hydrogen-bond acceptors (Lipinski definition) is 3. The third-order valence-electron chi connectivity index (χ3n) is 2.42. The molecule has 1 aromatic heterocycles. The van der Waals surface area contributed by atoms with E-state index in [0.717, 1.165) is 17.9 Å². The Balaban J connectivity index is 2.75. The molecule has 1 rings (SSSR count). The molecule has 0 bridgehead atoms. The van der Waals surface area contributed by atoms with Crippen LogP contribution in [-0.4, -0.2) is 31.3 Å². The Labute approximate surface area is 102 Å².